The van der Waals surface area contributed by atoms with Crippen LogP contribution in [0.2, 0.25) is 0 Å². The van der Waals surface area contributed by atoms with Crippen molar-refractivity contribution in [2.75, 3.05) is 0 Å². The smallest absolute Gasteiger partial charge is 0.242 e. The fourth-order valence-electron chi connectivity index (χ4n) is 0.430. The minimum Gasteiger partial charge on any atom is -0.242 e. The molecule has 0 heterocycles. The Bertz CT molecular complexity index is 422. The molecule has 0 aliphatic heterocycles. The van der Waals surface area contributed by atoms with Crippen LogP contribution in [0.4, 0.5) is 4.79 Å². The number of carbonyl (C=O) groups excluding carboxylic acids is 1. The van der Waals surface area contributed by atoms with Gasteiger partial charge in [0.15, 0.2) is 11.1 Å². The minimum absolute atomic E-state index is 0.856. The molecule has 0 aliphatic rings. The van der Waals surface area contributed by atoms with E-state index < -0.39 is 17.1 Å². The molecule has 0 aromatic carbocycles. The van der Waals surface area contributed by atoms with E-state index in [9.17, 15) is 4.79 Å². The Morgan fingerprint density at radius 3 is 2.00 bits per heavy atom. The number of hydrogen-bond acceptors (Lipinski definition) is 6. The molecule has 0 bridgehead atoms. The van der Waals surface area contributed by atoms with Gasteiger partial charge in [-0.25, -0.2) is 10.2 Å². The maximum atomic E-state index is 11.1. The van der Waals surface area contributed by atoms with Gasteiger partial charge in [0, 0.05) is 0 Å². The van der Waals surface area contributed by atoms with Crippen LogP contribution in [0.5, 0.6) is 0 Å². The number of nitriles is 2. The van der Waals surface area contributed by atoms with Gasteiger partial charge in [0.05, 0.1) is 12.1 Å². The van der Waals surface area contributed by atoms with Gasteiger partial charge in [-0.15, -0.1) is 5.11 Å². The third-order valence-electron chi connectivity index (χ3n) is 1.38. The van der Waals surface area contributed by atoms with Crippen molar-refractivity contribution in [3.63, 3.8) is 0 Å². The second kappa shape index (κ2) is 5.66. The average Bonchev–Trinajstić information content (AvgIpc) is 2.26. The van der Waals surface area contributed by atoms with E-state index in [-0.39, 0.29) is 0 Å². The highest BCUT2D eigenvalue weighted by atomic mass is 16.2. The lowest BCUT2D eigenvalue weighted by molar-refractivity contribution is 0.246. The summed E-state index contributed by atoms with van der Waals surface area (Å²) in [4.78, 5) is 11.1. The highest BCUT2D eigenvalue weighted by Gasteiger charge is 2.16. The molecule has 90 valence electrons. The Balaban J connectivity index is 4.34. The molecule has 0 saturated heterocycles. The van der Waals surface area contributed by atoms with Gasteiger partial charge in [-0.3, -0.25) is 0 Å². The summed E-state index contributed by atoms with van der Waals surface area (Å²) in [7, 11) is 0. The van der Waals surface area contributed by atoms with Crippen LogP contribution in [0.25, 0.3) is 0 Å². The van der Waals surface area contributed by atoms with Crippen molar-refractivity contribution < 1.29 is 4.79 Å². The van der Waals surface area contributed by atoms with Gasteiger partial charge >= 0.3 is 6.03 Å². The SMILES string of the molecule is CC(C)(C#N)N=NNC(=O)N=NC(C)(C)C#N. The molecule has 17 heavy (non-hydrogen) atoms. The highest BCUT2D eigenvalue weighted by Crippen LogP contribution is 2.07. The monoisotopic (exact) mass is 235 g/mol. The number of hydrogen-bond donors (Lipinski definition) is 1. The normalized spacial score (nSPS) is 12.4. The predicted molar refractivity (Wildman–Crippen MR) is 57.6 cm³/mol. The topological polar surface area (TPSA) is 126 Å². The molecule has 0 radical (unpaired) electrons. The first-order valence-electron chi connectivity index (χ1n) is 4.70. The summed E-state index contributed by atoms with van der Waals surface area (Å²) >= 11 is 0. The summed E-state index contributed by atoms with van der Waals surface area (Å²) in [6.07, 6.45) is 0. The largest absolute Gasteiger partial charge is 0.381 e. The lowest BCUT2D eigenvalue weighted by Gasteiger charge is -2.05. The first-order valence-corrected chi connectivity index (χ1v) is 4.70. The van der Waals surface area contributed by atoms with Gasteiger partial charge in [0.25, 0.3) is 0 Å². The van der Waals surface area contributed by atoms with Crippen LogP contribution in [0, 0.1) is 22.7 Å². The van der Waals surface area contributed by atoms with Gasteiger partial charge in [0.1, 0.15) is 0 Å². The van der Waals surface area contributed by atoms with E-state index in [1.54, 1.807) is 0 Å². The number of carbonyl (C=O) groups is 1. The molecular weight excluding hydrogens is 222 g/mol. The van der Waals surface area contributed by atoms with Gasteiger partial charge in [-0.1, -0.05) is 10.3 Å². The van der Waals surface area contributed by atoms with Gasteiger partial charge in [0.2, 0.25) is 0 Å². The molecule has 0 unspecified atom stereocenters. The van der Waals surface area contributed by atoms with Crippen LogP contribution >= 0.6 is 0 Å². The molecule has 1 N–H and O–H groups in total. The average molecular weight is 235 g/mol. The van der Waals surface area contributed by atoms with Crippen molar-refractivity contribution >= 4 is 6.03 Å². The molecule has 0 saturated carbocycles. The van der Waals surface area contributed by atoms with Gasteiger partial charge in [-0.2, -0.15) is 15.6 Å². The molecule has 8 heteroatoms. The van der Waals surface area contributed by atoms with Crippen LogP contribution in [-0.4, -0.2) is 17.1 Å². The number of nitrogens with one attached hydrogen (secondary N) is 1. The van der Waals surface area contributed by atoms with Crippen LogP contribution in [-0.2, 0) is 0 Å². The first kappa shape index (κ1) is 14.6. The first-order chi connectivity index (χ1) is 7.72. The second-order valence-electron chi connectivity index (χ2n) is 4.16. The fraction of sp³-hybridized carbons (Fsp3) is 0.667. The number of amides is 2. The molecule has 0 spiro atoms. The standard InChI is InChI=1S/C9H13N7O/c1-8(2,5-10)14-12-7(17)13-16-15-9(3,4)6-11/h1-4H3,(H,13,15,17). The van der Waals surface area contributed by atoms with Crippen molar-refractivity contribution in [1.29, 1.82) is 10.5 Å². The van der Waals surface area contributed by atoms with Crippen LogP contribution < -0.4 is 5.43 Å². The summed E-state index contributed by atoms with van der Waals surface area (Å²) in [5.41, 5.74) is -0.118. The van der Waals surface area contributed by atoms with E-state index in [4.69, 9.17) is 10.5 Å². The van der Waals surface area contributed by atoms with E-state index in [0.29, 0.717) is 0 Å². The summed E-state index contributed by atoms with van der Waals surface area (Å²) in [6, 6.07) is 2.86. The Morgan fingerprint density at radius 1 is 1.06 bits per heavy atom. The Kier molecular flexibility index (Phi) is 4.88. The number of azo groups is 1. The maximum absolute atomic E-state index is 11.1. The molecular formula is C9H13N7O. The van der Waals surface area contributed by atoms with E-state index >= 15 is 0 Å². The number of nitrogens with zero attached hydrogens (tertiary/aromatic N) is 6. The maximum Gasteiger partial charge on any atom is 0.381 e. The molecule has 0 rings (SSSR count). The zero-order valence-corrected chi connectivity index (χ0v) is 10.1. The zero-order chi connectivity index (χ0) is 13.5. The predicted octanol–water partition coefficient (Wildman–Crippen LogP) is 2.12. The highest BCUT2D eigenvalue weighted by molar-refractivity contribution is 5.73. The van der Waals surface area contributed by atoms with Crippen LogP contribution in [0.15, 0.2) is 20.6 Å². The third kappa shape index (κ3) is 6.68. The van der Waals surface area contributed by atoms with Crippen molar-refractivity contribution in [2.24, 2.45) is 20.6 Å². The minimum atomic E-state index is -1.07. The van der Waals surface area contributed by atoms with Crippen molar-refractivity contribution in [1.82, 2.24) is 5.43 Å². The lowest BCUT2D eigenvalue weighted by atomic mass is 10.1. The number of urea groups is 1. The molecule has 0 fully saturated rings. The van der Waals surface area contributed by atoms with Crippen molar-refractivity contribution in [3.05, 3.63) is 0 Å². The molecule has 0 aromatic rings. The number of rotatable bonds is 3. The Hall–Kier alpha value is -2.35. The fourth-order valence-corrected chi connectivity index (χ4v) is 0.430. The zero-order valence-electron chi connectivity index (χ0n) is 10.1. The third-order valence-corrected chi connectivity index (χ3v) is 1.38. The summed E-state index contributed by atoms with van der Waals surface area (Å²) in [5.74, 6) is 0. The second-order valence-corrected chi connectivity index (χ2v) is 4.16. The van der Waals surface area contributed by atoms with E-state index in [1.807, 2.05) is 17.6 Å². The van der Waals surface area contributed by atoms with Crippen molar-refractivity contribution in [3.8, 4) is 12.1 Å². The molecule has 2 amide bonds. The summed E-state index contributed by atoms with van der Waals surface area (Å²) in [5, 5.41) is 30.8. The van der Waals surface area contributed by atoms with Gasteiger partial charge < -0.3 is 0 Å². The van der Waals surface area contributed by atoms with Gasteiger partial charge in [-0.05, 0) is 27.7 Å². The Morgan fingerprint density at radius 2 is 1.53 bits per heavy atom. The van der Waals surface area contributed by atoms with Crippen LogP contribution in [0.3, 0.4) is 0 Å². The summed E-state index contributed by atoms with van der Waals surface area (Å²) in [6.45, 7) is 6.07. The molecule has 0 aromatic heterocycles. The Labute approximate surface area is 99.0 Å². The molecule has 0 aliphatic carbocycles. The quantitative estimate of drug-likeness (QED) is 0.594. The molecule has 0 atom stereocenters. The van der Waals surface area contributed by atoms with E-state index in [2.05, 4.69) is 20.6 Å². The van der Waals surface area contributed by atoms with E-state index in [0.717, 1.165) is 0 Å². The summed E-state index contributed by atoms with van der Waals surface area (Å²) < 4.78 is 0. The van der Waals surface area contributed by atoms with E-state index in [1.165, 1.54) is 27.7 Å². The molecule has 8 nitrogen and oxygen atoms in total. The van der Waals surface area contributed by atoms with Crippen molar-refractivity contribution in [2.45, 2.75) is 38.8 Å². The van der Waals surface area contributed by atoms with Crippen LogP contribution in [0.1, 0.15) is 27.7 Å². The lowest BCUT2D eigenvalue weighted by Crippen LogP contribution is -2.18.